The fraction of sp³-hybridized carbons (Fsp3) is 0. The lowest BCUT2D eigenvalue weighted by molar-refractivity contribution is 0.809. The Labute approximate surface area is 53.2 Å². The number of hydrogen-bond donors (Lipinski definition) is 0. The maximum Gasteiger partial charge on any atom is 0.189 e. The molecular weight excluding hydrogens is 114 g/mol. The van der Waals surface area contributed by atoms with Gasteiger partial charge in [-0.25, -0.2) is 9.89 Å². The Balaban J connectivity index is 2.72. The summed E-state index contributed by atoms with van der Waals surface area (Å²) in [5, 5.41) is 8.32. The molecule has 1 aliphatic rings. The van der Waals surface area contributed by atoms with Crippen LogP contribution in [0.1, 0.15) is 0 Å². The minimum Gasteiger partial charge on any atom is -0.246 e. The highest BCUT2D eigenvalue weighted by molar-refractivity contribution is 5.60. The second kappa shape index (κ2) is 2.68. The Kier molecular flexibility index (Phi) is 1.66. The standard InChI is InChI=1S/C6H5N3/c7-5-9-4-2-1-3-8-6-9/h1-4,6H. The van der Waals surface area contributed by atoms with E-state index in [0.717, 1.165) is 0 Å². The highest BCUT2D eigenvalue weighted by atomic mass is 15.1. The number of nitrogens with zero attached hydrogens (tertiary/aromatic N) is 3. The highest BCUT2D eigenvalue weighted by Crippen LogP contribution is 1.89. The van der Waals surface area contributed by atoms with E-state index in [-0.39, 0.29) is 0 Å². The highest BCUT2D eigenvalue weighted by Gasteiger charge is 1.88. The van der Waals surface area contributed by atoms with E-state index in [9.17, 15) is 0 Å². The molecule has 1 aliphatic heterocycles. The van der Waals surface area contributed by atoms with E-state index in [1.165, 1.54) is 11.2 Å². The van der Waals surface area contributed by atoms with Gasteiger partial charge in [0.1, 0.15) is 6.34 Å². The fourth-order valence-electron chi connectivity index (χ4n) is 0.450. The molecule has 0 bridgehead atoms. The number of allylic oxidation sites excluding steroid dienone is 2. The first-order valence-electron chi connectivity index (χ1n) is 2.48. The molecule has 0 aromatic carbocycles. The molecule has 0 atom stereocenters. The summed E-state index contributed by atoms with van der Waals surface area (Å²) in [6.45, 7) is 0. The molecule has 0 saturated carbocycles. The molecule has 0 radical (unpaired) electrons. The molecule has 0 saturated heterocycles. The zero-order valence-electron chi connectivity index (χ0n) is 4.73. The van der Waals surface area contributed by atoms with Gasteiger partial charge < -0.3 is 0 Å². The molecule has 0 aromatic rings. The van der Waals surface area contributed by atoms with Crippen LogP contribution >= 0.6 is 0 Å². The second-order valence-corrected chi connectivity index (χ2v) is 1.45. The summed E-state index contributed by atoms with van der Waals surface area (Å²) in [7, 11) is 0. The van der Waals surface area contributed by atoms with E-state index < -0.39 is 0 Å². The normalized spacial score (nSPS) is 15.2. The SMILES string of the molecule is N#CN1C=CC=CN=C1. The molecule has 1 rings (SSSR count). The Morgan fingerprint density at radius 1 is 1.44 bits per heavy atom. The predicted octanol–water partition coefficient (Wildman–Crippen LogP) is 0.839. The lowest BCUT2D eigenvalue weighted by atomic mass is 10.6. The molecule has 1 heterocycles. The molecule has 0 unspecified atom stereocenters. The van der Waals surface area contributed by atoms with Crippen molar-refractivity contribution in [3.63, 3.8) is 0 Å². The van der Waals surface area contributed by atoms with E-state index >= 15 is 0 Å². The molecule has 0 aromatic heterocycles. The van der Waals surface area contributed by atoms with Crippen molar-refractivity contribution in [3.05, 3.63) is 24.6 Å². The number of hydrogen-bond acceptors (Lipinski definition) is 3. The van der Waals surface area contributed by atoms with Gasteiger partial charge in [-0.3, -0.25) is 0 Å². The summed E-state index contributed by atoms with van der Waals surface area (Å²) in [4.78, 5) is 5.08. The van der Waals surface area contributed by atoms with Gasteiger partial charge in [-0.2, -0.15) is 5.26 Å². The molecule has 0 aliphatic carbocycles. The molecule has 0 amide bonds. The number of nitriles is 1. The van der Waals surface area contributed by atoms with Crippen molar-refractivity contribution in [2.24, 2.45) is 4.99 Å². The van der Waals surface area contributed by atoms with Gasteiger partial charge in [0.2, 0.25) is 0 Å². The second-order valence-electron chi connectivity index (χ2n) is 1.45. The van der Waals surface area contributed by atoms with Gasteiger partial charge >= 0.3 is 0 Å². The Morgan fingerprint density at radius 2 is 2.33 bits per heavy atom. The molecule has 3 nitrogen and oxygen atoms in total. The van der Waals surface area contributed by atoms with Crippen LogP contribution in [0.15, 0.2) is 29.5 Å². The first kappa shape index (κ1) is 5.57. The average molecular weight is 119 g/mol. The van der Waals surface area contributed by atoms with Crippen LogP contribution in [0.4, 0.5) is 0 Å². The minimum absolute atomic E-state index is 1.32. The topological polar surface area (TPSA) is 39.4 Å². The predicted molar refractivity (Wildman–Crippen MR) is 34.2 cm³/mol. The third-order valence-electron chi connectivity index (χ3n) is 0.836. The molecular formula is C6H5N3. The summed E-state index contributed by atoms with van der Waals surface area (Å²) in [6, 6.07) is 0. The van der Waals surface area contributed by atoms with Crippen LogP contribution in [-0.4, -0.2) is 11.2 Å². The zero-order chi connectivity index (χ0) is 6.53. The van der Waals surface area contributed by atoms with Crippen molar-refractivity contribution in [2.45, 2.75) is 0 Å². The quantitative estimate of drug-likeness (QED) is 0.443. The first-order valence-corrected chi connectivity index (χ1v) is 2.48. The fourth-order valence-corrected chi connectivity index (χ4v) is 0.450. The van der Waals surface area contributed by atoms with Crippen molar-refractivity contribution in [1.29, 1.82) is 5.26 Å². The minimum atomic E-state index is 1.32. The van der Waals surface area contributed by atoms with E-state index in [2.05, 4.69) is 4.99 Å². The number of aliphatic imine (C=N–C) groups is 1. The van der Waals surface area contributed by atoms with Crippen molar-refractivity contribution in [2.75, 3.05) is 0 Å². The largest absolute Gasteiger partial charge is 0.246 e. The monoisotopic (exact) mass is 119 g/mol. The van der Waals surface area contributed by atoms with Gasteiger partial charge in [-0.1, -0.05) is 0 Å². The van der Waals surface area contributed by atoms with E-state index in [1.807, 2.05) is 6.19 Å². The van der Waals surface area contributed by atoms with Gasteiger partial charge in [0.15, 0.2) is 6.19 Å². The van der Waals surface area contributed by atoms with Crippen molar-refractivity contribution >= 4 is 6.34 Å². The molecule has 0 N–H and O–H groups in total. The lowest BCUT2D eigenvalue weighted by Crippen LogP contribution is -2.04. The summed E-state index contributed by atoms with van der Waals surface area (Å²) in [6.07, 6.45) is 10.1. The van der Waals surface area contributed by atoms with E-state index in [0.29, 0.717) is 0 Å². The third kappa shape index (κ3) is 1.42. The van der Waals surface area contributed by atoms with Gasteiger partial charge in [-0.15, -0.1) is 0 Å². The van der Waals surface area contributed by atoms with Crippen LogP contribution in [0, 0.1) is 11.5 Å². The summed E-state index contributed by atoms with van der Waals surface area (Å²) in [5.74, 6) is 0. The van der Waals surface area contributed by atoms with E-state index in [1.54, 1.807) is 24.6 Å². The van der Waals surface area contributed by atoms with Crippen LogP contribution < -0.4 is 0 Å². The summed E-state index contributed by atoms with van der Waals surface area (Å²) in [5.41, 5.74) is 0. The average Bonchev–Trinajstić information content (AvgIpc) is 2.13. The molecule has 0 spiro atoms. The lowest BCUT2D eigenvalue weighted by Gasteiger charge is -1.95. The molecule has 3 heteroatoms. The van der Waals surface area contributed by atoms with Crippen LogP contribution in [0.2, 0.25) is 0 Å². The maximum atomic E-state index is 8.32. The smallest absolute Gasteiger partial charge is 0.189 e. The Hall–Kier alpha value is -1.56. The van der Waals surface area contributed by atoms with Crippen molar-refractivity contribution in [3.8, 4) is 6.19 Å². The van der Waals surface area contributed by atoms with Crippen molar-refractivity contribution < 1.29 is 0 Å². The maximum absolute atomic E-state index is 8.32. The molecule has 9 heavy (non-hydrogen) atoms. The van der Waals surface area contributed by atoms with Crippen LogP contribution in [0.25, 0.3) is 0 Å². The number of rotatable bonds is 0. The van der Waals surface area contributed by atoms with Crippen LogP contribution in [0.3, 0.4) is 0 Å². The zero-order valence-corrected chi connectivity index (χ0v) is 4.73. The summed E-state index contributed by atoms with van der Waals surface area (Å²) < 4.78 is 0. The molecule has 0 fully saturated rings. The third-order valence-corrected chi connectivity index (χ3v) is 0.836. The van der Waals surface area contributed by atoms with Gasteiger partial charge in [0.25, 0.3) is 0 Å². The first-order chi connectivity index (χ1) is 4.43. The van der Waals surface area contributed by atoms with Gasteiger partial charge in [-0.05, 0) is 12.2 Å². The van der Waals surface area contributed by atoms with E-state index in [4.69, 9.17) is 5.26 Å². The van der Waals surface area contributed by atoms with Crippen molar-refractivity contribution in [1.82, 2.24) is 4.90 Å². The van der Waals surface area contributed by atoms with Crippen LogP contribution in [-0.2, 0) is 0 Å². The van der Waals surface area contributed by atoms with Crippen LogP contribution in [0.5, 0.6) is 0 Å². The Bertz CT molecular complexity index is 191. The van der Waals surface area contributed by atoms with Gasteiger partial charge in [0.05, 0.1) is 0 Å². The van der Waals surface area contributed by atoms with Gasteiger partial charge in [0, 0.05) is 12.4 Å². The molecule has 44 valence electrons. The Morgan fingerprint density at radius 3 is 3.11 bits per heavy atom. The summed E-state index contributed by atoms with van der Waals surface area (Å²) >= 11 is 0.